The molecule has 2 aliphatic rings. The van der Waals surface area contributed by atoms with Crippen LogP contribution in [-0.2, 0) is 11.0 Å². The maximum atomic E-state index is 9.91. The van der Waals surface area contributed by atoms with E-state index in [1.165, 1.54) is 36.8 Å². The van der Waals surface area contributed by atoms with E-state index in [0.29, 0.717) is 6.04 Å². The zero-order valence-corrected chi connectivity index (χ0v) is 12.6. The van der Waals surface area contributed by atoms with Crippen molar-refractivity contribution in [1.29, 1.82) is 5.26 Å². The van der Waals surface area contributed by atoms with Crippen LogP contribution in [0.15, 0.2) is 24.3 Å². The average Bonchev–Trinajstić information content (AvgIpc) is 2.96. The van der Waals surface area contributed by atoms with Gasteiger partial charge in [-0.2, -0.15) is 5.26 Å². The summed E-state index contributed by atoms with van der Waals surface area (Å²) in [6, 6.07) is 11.7. The van der Waals surface area contributed by atoms with Gasteiger partial charge in [-0.05, 0) is 42.2 Å². The van der Waals surface area contributed by atoms with Crippen LogP contribution in [0.25, 0.3) is 0 Å². The third kappa shape index (κ3) is 2.15. The van der Waals surface area contributed by atoms with Gasteiger partial charge in [-0.1, -0.05) is 51.0 Å². The van der Waals surface area contributed by atoms with Crippen LogP contribution >= 0.6 is 0 Å². The molecule has 20 heavy (non-hydrogen) atoms. The summed E-state index contributed by atoms with van der Waals surface area (Å²) in [7, 11) is 0. The molecule has 0 bridgehead atoms. The molecule has 1 aromatic carbocycles. The molecule has 0 aromatic heterocycles. The molecule has 3 rings (SSSR count). The molecule has 1 atom stereocenters. The minimum Gasteiger partial charge on any atom is -0.293 e. The van der Waals surface area contributed by atoms with E-state index in [2.05, 4.69) is 49.5 Å². The second-order valence-corrected chi connectivity index (χ2v) is 7.07. The van der Waals surface area contributed by atoms with Crippen molar-refractivity contribution in [1.82, 2.24) is 5.32 Å². The molecule has 0 spiro atoms. The molecular formula is C18H24N2. The van der Waals surface area contributed by atoms with Gasteiger partial charge in [0.1, 0.15) is 5.54 Å². The van der Waals surface area contributed by atoms with E-state index in [4.69, 9.17) is 0 Å². The normalized spacial score (nSPS) is 28.9. The molecule has 1 fully saturated rings. The van der Waals surface area contributed by atoms with Gasteiger partial charge >= 0.3 is 0 Å². The first-order valence-electron chi connectivity index (χ1n) is 7.86. The van der Waals surface area contributed by atoms with Crippen molar-refractivity contribution in [2.75, 3.05) is 0 Å². The number of hydrogen-bond donors (Lipinski definition) is 1. The Kier molecular flexibility index (Phi) is 3.34. The van der Waals surface area contributed by atoms with Crippen LogP contribution in [-0.4, -0.2) is 6.04 Å². The van der Waals surface area contributed by atoms with Gasteiger partial charge in [-0.3, -0.25) is 5.32 Å². The first-order chi connectivity index (χ1) is 9.57. The molecular weight excluding hydrogens is 244 g/mol. The Morgan fingerprint density at radius 1 is 1.10 bits per heavy atom. The van der Waals surface area contributed by atoms with E-state index < -0.39 is 5.54 Å². The second kappa shape index (κ2) is 4.90. The van der Waals surface area contributed by atoms with E-state index in [1.807, 2.05) is 0 Å². The van der Waals surface area contributed by atoms with Gasteiger partial charge in [-0.25, -0.2) is 0 Å². The van der Waals surface area contributed by atoms with Crippen molar-refractivity contribution in [3.8, 4) is 6.07 Å². The van der Waals surface area contributed by atoms with E-state index in [0.717, 1.165) is 12.8 Å². The molecule has 2 heteroatoms. The highest BCUT2D eigenvalue weighted by Crippen LogP contribution is 2.45. The lowest BCUT2D eigenvalue weighted by Gasteiger charge is -2.43. The molecule has 2 nitrogen and oxygen atoms in total. The van der Waals surface area contributed by atoms with Gasteiger partial charge in [0.05, 0.1) is 6.07 Å². The van der Waals surface area contributed by atoms with Gasteiger partial charge in [0.15, 0.2) is 0 Å². The lowest BCUT2D eigenvalue weighted by molar-refractivity contribution is 0.273. The predicted molar refractivity (Wildman–Crippen MR) is 81.4 cm³/mol. The summed E-state index contributed by atoms with van der Waals surface area (Å²) in [5.74, 6) is 0. The molecule has 1 saturated carbocycles. The summed E-state index contributed by atoms with van der Waals surface area (Å²) < 4.78 is 0. The fraction of sp³-hybridized carbons (Fsp3) is 0.611. The molecule has 0 radical (unpaired) electrons. The van der Waals surface area contributed by atoms with Gasteiger partial charge in [0.25, 0.3) is 0 Å². The number of nitriles is 1. The second-order valence-electron chi connectivity index (χ2n) is 7.07. The minimum absolute atomic E-state index is 0.175. The van der Waals surface area contributed by atoms with E-state index in [1.54, 1.807) is 0 Å². The Hall–Kier alpha value is -1.33. The first kappa shape index (κ1) is 13.6. The van der Waals surface area contributed by atoms with Crippen molar-refractivity contribution >= 4 is 0 Å². The first-order valence-corrected chi connectivity index (χ1v) is 7.86. The average molecular weight is 268 g/mol. The highest BCUT2D eigenvalue weighted by atomic mass is 15.0. The van der Waals surface area contributed by atoms with Gasteiger partial charge in [0, 0.05) is 6.04 Å². The minimum atomic E-state index is -0.471. The lowest BCUT2D eigenvalue weighted by atomic mass is 9.65. The summed E-state index contributed by atoms with van der Waals surface area (Å²) in [6.45, 7) is 4.59. The monoisotopic (exact) mass is 268 g/mol. The van der Waals surface area contributed by atoms with Crippen LogP contribution in [0, 0.1) is 11.3 Å². The van der Waals surface area contributed by atoms with E-state index in [-0.39, 0.29) is 5.41 Å². The van der Waals surface area contributed by atoms with Gasteiger partial charge in [0.2, 0.25) is 0 Å². The molecule has 0 amide bonds. The third-order valence-corrected chi connectivity index (χ3v) is 5.24. The molecule has 0 aliphatic heterocycles. The smallest absolute Gasteiger partial charge is 0.132 e. The zero-order valence-electron chi connectivity index (χ0n) is 12.6. The van der Waals surface area contributed by atoms with Crippen molar-refractivity contribution in [2.24, 2.45) is 0 Å². The fourth-order valence-electron chi connectivity index (χ4n) is 3.93. The Balaban J connectivity index is 2.02. The molecule has 106 valence electrons. The topological polar surface area (TPSA) is 35.8 Å². The van der Waals surface area contributed by atoms with E-state index in [9.17, 15) is 5.26 Å². The van der Waals surface area contributed by atoms with E-state index >= 15 is 0 Å². The van der Waals surface area contributed by atoms with Crippen LogP contribution < -0.4 is 5.32 Å². The standard InChI is InChI=1S/C18H24N2/c1-17(2)11-12-18(13-19,20-14-7-3-4-8-14)16-10-6-5-9-15(16)17/h5-6,9-10,14,20H,3-4,7-8,11-12H2,1-2H3. The summed E-state index contributed by atoms with van der Waals surface area (Å²) in [5.41, 5.74) is 2.26. The molecule has 0 saturated heterocycles. The number of nitrogens with zero attached hydrogens (tertiary/aromatic N) is 1. The molecule has 1 N–H and O–H groups in total. The Bertz CT molecular complexity index is 535. The fourth-order valence-corrected chi connectivity index (χ4v) is 3.93. The third-order valence-electron chi connectivity index (χ3n) is 5.24. The summed E-state index contributed by atoms with van der Waals surface area (Å²) in [5, 5.41) is 13.6. The SMILES string of the molecule is CC1(C)CCC(C#N)(NC2CCCC2)c2ccccc21. The zero-order chi connectivity index (χ0) is 14.2. The Morgan fingerprint density at radius 2 is 1.75 bits per heavy atom. The predicted octanol–water partition coefficient (Wildman–Crippen LogP) is 4.01. The number of benzene rings is 1. The van der Waals surface area contributed by atoms with Gasteiger partial charge in [-0.15, -0.1) is 0 Å². The number of rotatable bonds is 2. The van der Waals surface area contributed by atoms with Crippen molar-refractivity contribution in [3.63, 3.8) is 0 Å². The summed E-state index contributed by atoms with van der Waals surface area (Å²) >= 11 is 0. The Labute approximate surface area is 122 Å². The van der Waals surface area contributed by atoms with Crippen molar-refractivity contribution < 1.29 is 0 Å². The van der Waals surface area contributed by atoms with Crippen LogP contribution in [0.2, 0.25) is 0 Å². The van der Waals surface area contributed by atoms with Crippen LogP contribution in [0.1, 0.15) is 63.5 Å². The summed E-state index contributed by atoms with van der Waals surface area (Å²) in [4.78, 5) is 0. The Morgan fingerprint density at radius 3 is 2.40 bits per heavy atom. The number of fused-ring (bicyclic) bond motifs is 1. The maximum absolute atomic E-state index is 9.91. The van der Waals surface area contributed by atoms with Crippen LogP contribution in [0.5, 0.6) is 0 Å². The van der Waals surface area contributed by atoms with Gasteiger partial charge < -0.3 is 0 Å². The highest BCUT2D eigenvalue weighted by molar-refractivity contribution is 5.45. The molecule has 2 aliphatic carbocycles. The molecule has 0 heterocycles. The quantitative estimate of drug-likeness (QED) is 0.879. The van der Waals surface area contributed by atoms with Crippen LogP contribution in [0.3, 0.4) is 0 Å². The summed E-state index contributed by atoms with van der Waals surface area (Å²) in [6.07, 6.45) is 7.02. The van der Waals surface area contributed by atoms with Crippen LogP contribution in [0.4, 0.5) is 0 Å². The maximum Gasteiger partial charge on any atom is 0.132 e. The largest absolute Gasteiger partial charge is 0.293 e. The molecule has 1 unspecified atom stereocenters. The van der Waals surface area contributed by atoms with Crippen molar-refractivity contribution in [2.45, 2.75) is 69.4 Å². The molecule has 1 aromatic rings. The number of hydrogen-bond acceptors (Lipinski definition) is 2. The highest BCUT2D eigenvalue weighted by Gasteiger charge is 2.44. The van der Waals surface area contributed by atoms with Crippen molar-refractivity contribution in [3.05, 3.63) is 35.4 Å². The number of nitrogens with one attached hydrogen (secondary N) is 1. The lowest BCUT2D eigenvalue weighted by Crippen LogP contribution is -2.50.